The first kappa shape index (κ1) is 13.5. The molecule has 0 spiro atoms. The summed E-state index contributed by atoms with van der Waals surface area (Å²) in [6, 6.07) is 4.10. The Morgan fingerprint density at radius 2 is 1.73 bits per heavy atom. The van der Waals surface area contributed by atoms with Gasteiger partial charge in [0.05, 0.1) is 40.3 Å². The van der Waals surface area contributed by atoms with Gasteiger partial charge in [-0.1, -0.05) is 23.8 Å². The van der Waals surface area contributed by atoms with Crippen LogP contribution in [0, 0.1) is 11.8 Å². The minimum Gasteiger partial charge on any atom is -0.478 e. The maximum atomic E-state index is 12.6. The van der Waals surface area contributed by atoms with Gasteiger partial charge in [0.25, 0.3) is 0 Å². The maximum Gasteiger partial charge on any atom is 0.337 e. The molecule has 0 radical (unpaired) electrons. The van der Waals surface area contributed by atoms with E-state index >= 15 is 0 Å². The van der Waals surface area contributed by atoms with Crippen LogP contribution in [0.25, 0.3) is 0 Å². The van der Waals surface area contributed by atoms with Gasteiger partial charge in [0.2, 0.25) is 11.8 Å². The highest BCUT2D eigenvalue weighted by atomic mass is 35.5. The average Bonchev–Trinajstić information content (AvgIpc) is 3.14. The van der Waals surface area contributed by atoms with Gasteiger partial charge in [-0.15, -0.1) is 0 Å². The molecule has 1 aromatic rings. The molecule has 4 rings (SSSR count). The van der Waals surface area contributed by atoms with Crippen LogP contribution in [0.3, 0.4) is 0 Å². The van der Waals surface area contributed by atoms with E-state index in [1.807, 2.05) is 0 Å². The van der Waals surface area contributed by atoms with Crippen molar-refractivity contribution < 1.29 is 24.2 Å². The van der Waals surface area contributed by atoms with Crippen LogP contribution in [0.2, 0.25) is 5.02 Å². The van der Waals surface area contributed by atoms with Crippen LogP contribution in [-0.4, -0.2) is 35.1 Å². The lowest BCUT2D eigenvalue weighted by atomic mass is 9.85. The summed E-state index contributed by atoms with van der Waals surface area (Å²) in [4.78, 5) is 37.3. The van der Waals surface area contributed by atoms with Gasteiger partial charge in [-0.05, 0) is 18.2 Å². The van der Waals surface area contributed by atoms with E-state index in [9.17, 15) is 14.4 Å². The Balaban J connectivity index is 1.76. The Morgan fingerprint density at radius 3 is 2.27 bits per heavy atom. The van der Waals surface area contributed by atoms with Crippen molar-refractivity contribution >= 4 is 35.1 Å². The molecule has 22 heavy (non-hydrogen) atoms. The number of ether oxygens (including phenoxy) is 1. The van der Waals surface area contributed by atoms with Crippen molar-refractivity contribution in [1.82, 2.24) is 0 Å². The second-order valence-corrected chi connectivity index (χ2v) is 5.89. The fraction of sp³-hybridized carbons (Fsp3) is 0.267. The number of rotatable bonds is 2. The van der Waals surface area contributed by atoms with E-state index in [-0.39, 0.29) is 40.3 Å². The molecule has 0 aliphatic carbocycles. The zero-order chi connectivity index (χ0) is 15.6. The lowest BCUT2D eigenvalue weighted by Crippen LogP contribution is -2.34. The van der Waals surface area contributed by atoms with Crippen LogP contribution < -0.4 is 4.90 Å². The molecule has 2 amide bonds. The van der Waals surface area contributed by atoms with Gasteiger partial charge in [-0.2, -0.15) is 0 Å². The number of hydrogen-bond acceptors (Lipinski definition) is 4. The summed E-state index contributed by atoms with van der Waals surface area (Å²) in [6.07, 6.45) is 2.85. The zero-order valence-corrected chi connectivity index (χ0v) is 11.9. The lowest BCUT2D eigenvalue weighted by molar-refractivity contribution is -0.124. The van der Waals surface area contributed by atoms with Gasteiger partial charge in [0, 0.05) is 0 Å². The highest BCUT2D eigenvalue weighted by molar-refractivity contribution is 6.34. The Bertz CT molecular complexity index is 728. The molecule has 3 aliphatic heterocycles. The molecule has 1 aromatic carbocycles. The molecule has 0 aromatic heterocycles. The first-order chi connectivity index (χ1) is 10.5. The van der Waals surface area contributed by atoms with Crippen molar-refractivity contribution in [2.24, 2.45) is 11.8 Å². The van der Waals surface area contributed by atoms with Gasteiger partial charge in [-0.25, -0.2) is 9.69 Å². The van der Waals surface area contributed by atoms with Gasteiger partial charge >= 0.3 is 5.97 Å². The Morgan fingerprint density at radius 1 is 1.14 bits per heavy atom. The molecule has 7 heteroatoms. The SMILES string of the molecule is O=C(O)c1cc(N2C(=O)[C@@H]3[C@@H](C2=O)[C@H]2C=C[C@@H]3O2)ccc1Cl. The Hall–Kier alpha value is -2.18. The molecule has 0 saturated carbocycles. The van der Waals surface area contributed by atoms with Crippen molar-refractivity contribution in [2.45, 2.75) is 12.2 Å². The van der Waals surface area contributed by atoms with Gasteiger partial charge in [-0.3, -0.25) is 9.59 Å². The van der Waals surface area contributed by atoms with Gasteiger partial charge < -0.3 is 9.84 Å². The molecule has 2 bridgehead atoms. The second-order valence-electron chi connectivity index (χ2n) is 5.48. The van der Waals surface area contributed by atoms with Crippen LogP contribution in [0.4, 0.5) is 5.69 Å². The van der Waals surface area contributed by atoms with E-state index < -0.39 is 17.8 Å². The van der Waals surface area contributed by atoms with Crippen molar-refractivity contribution in [2.75, 3.05) is 4.90 Å². The third-order valence-corrected chi connectivity index (χ3v) is 4.68. The lowest BCUT2D eigenvalue weighted by Gasteiger charge is -2.18. The van der Waals surface area contributed by atoms with E-state index in [2.05, 4.69) is 0 Å². The number of halogens is 1. The zero-order valence-electron chi connectivity index (χ0n) is 11.1. The number of imide groups is 1. The van der Waals surface area contributed by atoms with Crippen molar-refractivity contribution in [3.8, 4) is 0 Å². The molecule has 3 heterocycles. The minimum absolute atomic E-state index is 0.0561. The third-order valence-electron chi connectivity index (χ3n) is 4.35. The average molecular weight is 320 g/mol. The van der Waals surface area contributed by atoms with Crippen LogP contribution in [0.1, 0.15) is 10.4 Å². The monoisotopic (exact) mass is 319 g/mol. The molecular weight excluding hydrogens is 310 g/mol. The maximum absolute atomic E-state index is 12.6. The van der Waals surface area contributed by atoms with E-state index in [0.717, 1.165) is 4.90 Å². The molecule has 1 N–H and O–H groups in total. The van der Waals surface area contributed by atoms with Crippen molar-refractivity contribution in [1.29, 1.82) is 0 Å². The van der Waals surface area contributed by atoms with E-state index in [0.29, 0.717) is 0 Å². The fourth-order valence-corrected chi connectivity index (χ4v) is 3.57. The van der Waals surface area contributed by atoms with Crippen molar-refractivity contribution in [3.63, 3.8) is 0 Å². The summed E-state index contributed by atoms with van der Waals surface area (Å²) in [7, 11) is 0. The summed E-state index contributed by atoms with van der Waals surface area (Å²) in [5.41, 5.74) is 0.0831. The standard InChI is InChI=1S/C15H10ClNO5/c16-8-2-1-6(5-7(8)15(20)21)17-13(18)11-9-3-4-10(22-9)12(11)14(17)19/h1-5,9-12H,(H,20,21)/t9-,10+,11-,12-/m0/s1. The summed E-state index contributed by atoms with van der Waals surface area (Å²) in [5.74, 6) is -2.97. The first-order valence-corrected chi connectivity index (χ1v) is 7.11. The fourth-order valence-electron chi connectivity index (χ4n) is 3.37. The number of fused-ring (bicyclic) bond motifs is 5. The first-order valence-electron chi connectivity index (χ1n) is 6.73. The molecular formula is C15H10ClNO5. The highest BCUT2D eigenvalue weighted by Crippen LogP contribution is 2.46. The number of anilines is 1. The van der Waals surface area contributed by atoms with Crippen molar-refractivity contribution in [3.05, 3.63) is 40.9 Å². The molecule has 6 nitrogen and oxygen atoms in total. The van der Waals surface area contributed by atoms with Gasteiger partial charge in [0.15, 0.2) is 0 Å². The summed E-state index contributed by atoms with van der Waals surface area (Å²) in [6.45, 7) is 0. The number of amides is 2. The van der Waals surface area contributed by atoms with E-state index in [1.54, 1.807) is 12.2 Å². The Labute approximate surface area is 129 Å². The van der Waals surface area contributed by atoms with Crippen LogP contribution in [0.15, 0.2) is 30.4 Å². The minimum atomic E-state index is -1.21. The third kappa shape index (κ3) is 1.62. The van der Waals surface area contributed by atoms with Crippen LogP contribution in [0.5, 0.6) is 0 Å². The van der Waals surface area contributed by atoms with E-state index in [1.165, 1.54) is 18.2 Å². The summed E-state index contributed by atoms with van der Waals surface area (Å²) in [5, 5.41) is 9.17. The smallest absolute Gasteiger partial charge is 0.337 e. The number of aromatic carboxylic acids is 1. The normalized spacial score (nSPS) is 32.0. The van der Waals surface area contributed by atoms with Crippen LogP contribution >= 0.6 is 11.6 Å². The molecule has 0 unspecified atom stereocenters. The number of nitrogens with zero attached hydrogens (tertiary/aromatic N) is 1. The molecule has 4 atom stereocenters. The number of hydrogen-bond donors (Lipinski definition) is 1. The number of carboxylic acids is 1. The predicted molar refractivity (Wildman–Crippen MR) is 75.7 cm³/mol. The molecule has 112 valence electrons. The van der Waals surface area contributed by atoms with Gasteiger partial charge in [0.1, 0.15) is 0 Å². The molecule has 3 aliphatic rings. The number of carboxylic acid groups (broad SMARTS) is 1. The van der Waals surface area contributed by atoms with E-state index in [4.69, 9.17) is 21.4 Å². The predicted octanol–water partition coefficient (Wildman–Crippen LogP) is 1.48. The topological polar surface area (TPSA) is 83.9 Å². The molecule has 2 saturated heterocycles. The molecule has 2 fully saturated rings. The number of benzene rings is 1. The summed E-state index contributed by atoms with van der Waals surface area (Å²) < 4.78 is 5.55. The quantitative estimate of drug-likeness (QED) is 0.659. The second kappa shape index (κ2) is 4.41. The largest absolute Gasteiger partial charge is 0.478 e. The number of carbonyl (C=O) groups excluding carboxylic acids is 2. The highest BCUT2D eigenvalue weighted by Gasteiger charge is 2.61. The number of carbonyl (C=O) groups is 3. The Kier molecular flexibility index (Phi) is 2.70. The summed E-state index contributed by atoms with van der Waals surface area (Å²) >= 11 is 5.82. The van der Waals surface area contributed by atoms with Crippen LogP contribution in [-0.2, 0) is 14.3 Å².